The first-order valence-electron chi connectivity index (χ1n) is 47.8. The van der Waals surface area contributed by atoms with E-state index in [-0.39, 0.29) is 101 Å². The Morgan fingerprint density at radius 2 is 0.473 bits per heavy atom. The SMILES string of the molecule is Cc1cc(-c2ccccc2)cc(C)c1-n1ccnc1-c1[c-]ccc2nc(C)n(C)c12.Cc1cc(C)c(-n2ccnc2-c2[c-]ccc3nc(C)n(C)c23)c(C)c1.Cc1cccc(C)c1-n1ccnc1-c1[c-]ccc2nc(C)n(C)c12.Cc1nc2cc[c-]c(-c3nccn3-c3c(-c4ccccc4)cccc3-c3ccccc3)c2n1C.Cc1nc2cc[c-]c(-c3nccn3-c3c(C(C)C)cccc3C(C)C)c2n1C.[Ir].[Ir].[Ir].[Ir].[Ir]. The molecule has 0 fully saturated rings. The Bertz CT molecular complexity index is 8460. The van der Waals surface area contributed by atoms with E-state index in [1.165, 1.54) is 78.3 Å². The summed E-state index contributed by atoms with van der Waals surface area (Å²) in [5.41, 5.74) is 39.2. The molecule has 0 unspecified atom stereocenters. The van der Waals surface area contributed by atoms with Gasteiger partial charge in [-0.3, -0.25) is 49.8 Å². The summed E-state index contributed by atoms with van der Waals surface area (Å²) in [6, 6.07) is 96.7. The van der Waals surface area contributed by atoms with Crippen LogP contribution in [-0.2, 0) is 136 Å². The molecule has 0 amide bonds. The summed E-state index contributed by atoms with van der Waals surface area (Å²) in [6.45, 7) is 34.1. The molecule has 146 heavy (non-hydrogen) atoms. The van der Waals surface area contributed by atoms with Gasteiger partial charge in [-0.05, 0) is 201 Å². The summed E-state index contributed by atoms with van der Waals surface area (Å²) in [7, 11) is 10.2. The molecule has 0 aliphatic heterocycles. The molecule has 5 radical (unpaired) electrons. The van der Waals surface area contributed by atoms with E-state index in [1.54, 1.807) is 0 Å². The van der Waals surface area contributed by atoms with Gasteiger partial charge in [-0.2, -0.15) is 0 Å². The third-order valence-electron chi connectivity index (χ3n) is 27.0. The first-order chi connectivity index (χ1) is 68.2. The molecule has 13 aromatic carbocycles. The number of imidazole rings is 10. The van der Waals surface area contributed by atoms with Crippen molar-refractivity contribution >= 4 is 55.2 Å². The van der Waals surface area contributed by atoms with Crippen molar-refractivity contribution in [3.05, 3.63) is 402 Å². The van der Waals surface area contributed by atoms with Crippen LogP contribution in [0.1, 0.15) is 119 Å². The third kappa shape index (κ3) is 20.8. The van der Waals surface area contributed by atoms with Crippen LogP contribution in [-0.4, -0.2) is 95.5 Å². The Morgan fingerprint density at radius 1 is 0.233 bits per heavy atom. The van der Waals surface area contributed by atoms with Crippen LogP contribution in [0.2, 0.25) is 0 Å². The fourth-order valence-electron chi connectivity index (χ4n) is 20.0. The molecule has 0 aliphatic carbocycles. The maximum absolute atomic E-state index is 4.82. The van der Waals surface area contributed by atoms with Crippen molar-refractivity contribution in [2.45, 2.75) is 123 Å². The van der Waals surface area contributed by atoms with Crippen LogP contribution < -0.4 is 0 Å². The number of hydrogen-bond donors (Lipinski definition) is 0. The molecule has 0 bridgehead atoms. The van der Waals surface area contributed by atoms with Crippen molar-refractivity contribution in [3.63, 3.8) is 0 Å². The predicted molar refractivity (Wildman–Crippen MR) is 572 cm³/mol. The number of para-hydroxylation sites is 3. The molecule has 0 atom stereocenters. The molecule has 0 saturated heterocycles. The van der Waals surface area contributed by atoms with Crippen molar-refractivity contribution in [3.8, 4) is 119 Å². The standard InChI is InChI=1S/C30H23N4.C26H23N4.C24H27N4.C21H21N4.C20H19N4.5Ir/c1-21-32-27-18-10-17-26(29(27)33(21)2)30-31-19-20-34(30)28-24(22-11-5-3-6-12-22)15-9-16-25(28)23-13-7-4-8-14-23;1-17-15-21(20-9-6-5-7-10-20)16-18(2)24(17)30-14-13-27-26(30)22-11-8-12-23-25(22)29(4)19(3)28-23;1-15(2)18-9-7-10-19(16(3)4)22(18)28-14-13-25-24(28)20-11-8-12-21-23(20)27(6)17(5)26-21;1-13-11-14(2)19(15(3)12-13)25-10-9-22-21(25)17-7-6-8-18-20(17)24(5)16(4)23-18;1-13-7-5-8-14(2)18(13)24-12-11-21-20(24)16-9-6-10-17-19(16)23(4)15(3)22-17;;;;;/h3-16,18-20H,1-2H3;5-10,12-16H,1-4H3;7-10,12-16H,1-6H3;6,8-12H,1-5H3;5-8,10-12H,1-4H3;;;;;/q5*-1;;;;;. The zero-order chi connectivity index (χ0) is 98.5. The number of rotatable bonds is 15. The van der Waals surface area contributed by atoms with Gasteiger partial charge >= 0.3 is 0 Å². The quantitative estimate of drug-likeness (QED) is 0.0897. The Balaban J connectivity index is 0.000000144. The molecule has 0 N–H and O–H groups in total. The first kappa shape index (κ1) is 108. The summed E-state index contributed by atoms with van der Waals surface area (Å²) >= 11 is 0. The van der Waals surface area contributed by atoms with Gasteiger partial charge in [0.25, 0.3) is 0 Å². The second-order valence-corrected chi connectivity index (χ2v) is 37.0. The van der Waals surface area contributed by atoms with Gasteiger partial charge in [-0.15, -0.1) is 91.0 Å². The normalized spacial score (nSPS) is 11.0. The molecular formula is C121H113Ir5N20-5. The van der Waals surface area contributed by atoms with Crippen LogP contribution in [0.25, 0.3) is 174 Å². The van der Waals surface area contributed by atoms with E-state index in [0.29, 0.717) is 11.8 Å². The first-order valence-corrected chi connectivity index (χ1v) is 47.8. The largest absolute Gasteiger partial charge is 0.371 e. The van der Waals surface area contributed by atoms with Gasteiger partial charge in [-0.1, -0.05) is 219 Å². The average Bonchev–Trinajstić information content (AvgIpc) is 1.62. The monoisotopic (exact) mass is 2810 g/mol. The number of aryl methyl sites for hydroxylation is 17. The van der Waals surface area contributed by atoms with E-state index in [9.17, 15) is 0 Å². The van der Waals surface area contributed by atoms with Gasteiger partial charge in [0.2, 0.25) is 0 Å². The molecule has 0 saturated carbocycles. The summed E-state index contributed by atoms with van der Waals surface area (Å²) in [6.07, 6.45) is 19.5. The number of hydrogen-bond acceptors (Lipinski definition) is 10. The van der Waals surface area contributed by atoms with Gasteiger partial charge in [0.05, 0.1) is 63.9 Å². The van der Waals surface area contributed by atoms with Crippen molar-refractivity contribution in [1.29, 1.82) is 0 Å². The minimum atomic E-state index is 0. The average molecular weight is 2810 g/mol. The van der Waals surface area contributed by atoms with Crippen molar-refractivity contribution in [2.75, 3.05) is 0 Å². The topological polar surface area (TPSA) is 178 Å². The summed E-state index contributed by atoms with van der Waals surface area (Å²) < 4.78 is 21.5. The molecule has 747 valence electrons. The fourth-order valence-corrected chi connectivity index (χ4v) is 20.0. The van der Waals surface area contributed by atoms with Crippen LogP contribution in [0.15, 0.2) is 292 Å². The van der Waals surface area contributed by atoms with Gasteiger partial charge in [0, 0.05) is 259 Å². The summed E-state index contributed by atoms with van der Waals surface area (Å²) in [5, 5.41) is 0. The number of nitrogens with zero attached hydrogens (tertiary/aromatic N) is 20. The summed E-state index contributed by atoms with van der Waals surface area (Å²) in [4.78, 5) is 46.9. The van der Waals surface area contributed by atoms with Crippen molar-refractivity contribution < 1.29 is 101 Å². The smallest absolute Gasteiger partial charge is 0.0957 e. The second-order valence-electron chi connectivity index (χ2n) is 37.0. The second kappa shape index (κ2) is 46.1. The fraction of sp³-hybridized carbons (Fsp3) is 0.190. The van der Waals surface area contributed by atoms with E-state index in [0.717, 1.165) is 175 Å². The van der Waals surface area contributed by atoms with Crippen LogP contribution in [0.3, 0.4) is 0 Å². The van der Waals surface area contributed by atoms with Crippen LogP contribution in [0.5, 0.6) is 0 Å². The van der Waals surface area contributed by atoms with Crippen molar-refractivity contribution in [1.82, 2.24) is 95.5 Å². The van der Waals surface area contributed by atoms with E-state index < -0.39 is 0 Å². The maximum atomic E-state index is 4.82. The Morgan fingerprint density at radius 3 is 0.753 bits per heavy atom. The molecule has 0 aliphatic rings. The van der Waals surface area contributed by atoms with E-state index in [1.807, 2.05) is 197 Å². The Labute approximate surface area is 921 Å². The van der Waals surface area contributed by atoms with Crippen LogP contribution in [0.4, 0.5) is 0 Å². The molecule has 10 aromatic heterocycles. The molecule has 23 aromatic rings. The minimum Gasteiger partial charge on any atom is -0.371 e. The van der Waals surface area contributed by atoms with Crippen LogP contribution >= 0.6 is 0 Å². The predicted octanol–water partition coefficient (Wildman–Crippen LogP) is 27.1. The third-order valence-corrected chi connectivity index (χ3v) is 27.0. The number of fused-ring (bicyclic) bond motifs is 5. The maximum Gasteiger partial charge on any atom is 0.0957 e. The molecular weight excluding hydrogens is 2690 g/mol. The Hall–Kier alpha value is -13.5. The van der Waals surface area contributed by atoms with Crippen molar-refractivity contribution in [2.24, 2.45) is 35.2 Å². The van der Waals surface area contributed by atoms with Crippen LogP contribution in [0, 0.1) is 113 Å². The van der Waals surface area contributed by atoms with E-state index >= 15 is 0 Å². The Kier molecular flexibility index (Phi) is 34.1. The van der Waals surface area contributed by atoms with Gasteiger partial charge in [0.1, 0.15) is 0 Å². The molecule has 0 spiro atoms. The number of benzene rings is 13. The van der Waals surface area contributed by atoms with E-state index in [4.69, 9.17) is 19.9 Å². The molecule has 20 nitrogen and oxygen atoms in total. The summed E-state index contributed by atoms with van der Waals surface area (Å²) in [5.74, 6) is 10.1. The minimum absolute atomic E-state index is 0. The molecule has 23 rings (SSSR count). The van der Waals surface area contributed by atoms with Gasteiger partial charge < -0.3 is 45.7 Å². The zero-order valence-electron chi connectivity index (χ0n) is 85.5. The zero-order valence-corrected chi connectivity index (χ0v) is 97.5. The van der Waals surface area contributed by atoms with Gasteiger partial charge in [-0.25, -0.2) is 0 Å². The molecule has 25 heteroatoms. The van der Waals surface area contributed by atoms with E-state index in [2.05, 4.69) is 347 Å². The number of aromatic nitrogens is 20. The molecule has 10 heterocycles. The van der Waals surface area contributed by atoms with Gasteiger partial charge in [0.15, 0.2) is 0 Å².